The van der Waals surface area contributed by atoms with Crippen molar-refractivity contribution in [1.29, 1.82) is 0 Å². The molecule has 3 heteroatoms. The second kappa shape index (κ2) is 5.89. The summed E-state index contributed by atoms with van der Waals surface area (Å²) in [5.41, 5.74) is 5.23. The molecule has 0 saturated heterocycles. The molecule has 1 aromatic rings. The zero-order chi connectivity index (χ0) is 18.6. The molecule has 0 amide bonds. The first-order chi connectivity index (χ1) is 11.7. The molecular weight excluding hydrogens is 312 g/mol. The van der Waals surface area contributed by atoms with E-state index in [1.54, 1.807) is 14.2 Å². The van der Waals surface area contributed by atoms with Gasteiger partial charge in [0.05, 0.1) is 14.2 Å². The minimum absolute atomic E-state index is 0.0124. The number of carbonyl (C=O) groups is 1. The average Bonchev–Trinajstić information content (AvgIpc) is 2.82. The highest BCUT2D eigenvalue weighted by Gasteiger charge is 2.51. The summed E-state index contributed by atoms with van der Waals surface area (Å²) in [5.74, 6) is 1.92. The van der Waals surface area contributed by atoms with Gasteiger partial charge in [0.25, 0.3) is 0 Å². The van der Waals surface area contributed by atoms with Crippen molar-refractivity contribution in [2.75, 3.05) is 14.2 Å². The van der Waals surface area contributed by atoms with Crippen LogP contribution in [0.25, 0.3) is 5.57 Å². The van der Waals surface area contributed by atoms with E-state index >= 15 is 0 Å². The van der Waals surface area contributed by atoms with Crippen molar-refractivity contribution in [3.05, 3.63) is 28.3 Å². The van der Waals surface area contributed by atoms with Crippen molar-refractivity contribution >= 4 is 11.9 Å². The van der Waals surface area contributed by atoms with Crippen LogP contribution in [0.2, 0.25) is 0 Å². The third-order valence-corrected chi connectivity index (χ3v) is 6.24. The van der Waals surface area contributed by atoms with Gasteiger partial charge in [0, 0.05) is 22.1 Å². The van der Waals surface area contributed by atoms with Crippen molar-refractivity contribution in [2.45, 2.75) is 65.2 Å². The summed E-state index contributed by atoms with van der Waals surface area (Å²) < 4.78 is 11.6. The number of ether oxygens (including phenoxy) is 2. The molecule has 0 radical (unpaired) electrons. The fraction of sp³-hybridized carbons (Fsp3) is 0.591. The summed E-state index contributed by atoms with van der Waals surface area (Å²) in [6.07, 6.45) is 4.38. The summed E-state index contributed by atoms with van der Waals surface area (Å²) in [6, 6.07) is 2.16. The lowest BCUT2D eigenvalue weighted by molar-refractivity contribution is -0.103. The summed E-state index contributed by atoms with van der Waals surface area (Å²) in [5, 5.41) is 0. The number of methoxy groups -OCH3 is 2. The Hall–Kier alpha value is -1.77. The minimum atomic E-state index is -0.122. The van der Waals surface area contributed by atoms with Crippen LogP contribution in [0.1, 0.15) is 76.5 Å². The molecule has 0 heterocycles. The first-order valence-corrected chi connectivity index (χ1v) is 9.23. The molecule has 0 N–H and O–H groups in total. The van der Waals surface area contributed by atoms with Crippen molar-refractivity contribution in [3.8, 4) is 11.5 Å². The molecule has 1 fully saturated rings. The van der Waals surface area contributed by atoms with Gasteiger partial charge < -0.3 is 9.47 Å². The first-order valence-electron chi connectivity index (χ1n) is 9.23. The predicted octanol–water partition coefficient (Wildman–Crippen LogP) is 5.26. The Labute approximate surface area is 151 Å². The molecule has 0 spiro atoms. The lowest BCUT2D eigenvalue weighted by Crippen LogP contribution is -2.36. The van der Waals surface area contributed by atoms with E-state index in [1.807, 2.05) is 0 Å². The number of allylic oxidation sites excluding steroid dienone is 2. The Kier molecular flexibility index (Phi) is 4.25. The van der Waals surface area contributed by atoms with E-state index in [0.717, 1.165) is 53.7 Å². The van der Waals surface area contributed by atoms with Gasteiger partial charge in [-0.3, -0.25) is 4.79 Å². The molecule has 25 heavy (non-hydrogen) atoms. The van der Waals surface area contributed by atoms with E-state index in [-0.39, 0.29) is 16.7 Å². The van der Waals surface area contributed by atoms with Gasteiger partial charge in [-0.05, 0) is 41.4 Å². The summed E-state index contributed by atoms with van der Waals surface area (Å²) in [6.45, 7) is 11.1. The highest BCUT2D eigenvalue weighted by Crippen LogP contribution is 2.62. The SMILES string of the molecule is COc1cc2c(c(OC)c1C(C)C)C(C=O)=C1C(C)(C)CCC[C@@]12C. The highest BCUT2D eigenvalue weighted by molar-refractivity contribution is 6.13. The zero-order valence-corrected chi connectivity index (χ0v) is 16.6. The molecule has 1 aromatic carbocycles. The van der Waals surface area contributed by atoms with Gasteiger partial charge in [0.15, 0.2) is 6.29 Å². The van der Waals surface area contributed by atoms with Crippen LogP contribution in [0.4, 0.5) is 0 Å². The second-order valence-corrected chi connectivity index (χ2v) is 8.58. The number of rotatable bonds is 4. The molecule has 2 aliphatic carbocycles. The smallest absolute Gasteiger partial charge is 0.150 e. The van der Waals surface area contributed by atoms with E-state index < -0.39 is 0 Å². The van der Waals surface area contributed by atoms with Crippen molar-refractivity contribution < 1.29 is 14.3 Å². The number of fused-ring (bicyclic) bond motifs is 3. The zero-order valence-electron chi connectivity index (χ0n) is 16.6. The third-order valence-electron chi connectivity index (χ3n) is 6.24. The highest BCUT2D eigenvalue weighted by atomic mass is 16.5. The largest absolute Gasteiger partial charge is 0.496 e. The van der Waals surface area contributed by atoms with Gasteiger partial charge in [-0.2, -0.15) is 0 Å². The van der Waals surface area contributed by atoms with E-state index in [1.165, 1.54) is 11.1 Å². The van der Waals surface area contributed by atoms with Gasteiger partial charge in [-0.1, -0.05) is 41.0 Å². The molecule has 3 nitrogen and oxygen atoms in total. The quantitative estimate of drug-likeness (QED) is 0.700. The van der Waals surface area contributed by atoms with Gasteiger partial charge in [0.1, 0.15) is 11.5 Å². The number of aldehydes is 1. The summed E-state index contributed by atoms with van der Waals surface area (Å²) >= 11 is 0. The maximum atomic E-state index is 12.2. The third kappa shape index (κ3) is 2.35. The molecule has 0 aromatic heterocycles. The Balaban J connectivity index is 2.44. The fourth-order valence-corrected chi connectivity index (χ4v) is 5.33. The number of hydrogen-bond acceptors (Lipinski definition) is 3. The monoisotopic (exact) mass is 342 g/mol. The summed E-state index contributed by atoms with van der Waals surface area (Å²) in [7, 11) is 3.41. The Morgan fingerprint density at radius 1 is 1.12 bits per heavy atom. The molecule has 0 bridgehead atoms. The van der Waals surface area contributed by atoms with E-state index in [2.05, 4.69) is 40.7 Å². The van der Waals surface area contributed by atoms with E-state index in [9.17, 15) is 4.79 Å². The molecule has 1 atom stereocenters. The van der Waals surface area contributed by atoms with Crippen LogP contribution in [-0.2, 0) is 10.2 Å². The second-order valence-electron chi connectivity index (χ2n) is 8.58. The lowest BCUT2D eigenvalue weighted by atomic mass is 9.60. The molecule has 1 saturated carbocycles. The number of carbonyl (C=O) groups excluding carboxylic acids is 1. The Morgan fingerprint density at radius 2 is 1.80 bits per heavy atom. The van der Waals surface area contributed by atoms with Crippen LogP contribution >= 0.6 is 0 Å². The molecule has 136 valence electrons. The van der Waals surface area contributed by atoms with Gasteiger partial charge in [0.2, 0.25) is 0 Å². The van der Waals surface area contributed by atoms with Crippen molar-refractivity contribution in [3.63, 3.8) is 0 Å². The lowest BCUT2D eigenvalue weighted by Gasteiger charge is -2.44. The minimum Gasteiger partial charge on any atom is -0.496 e. The number of hydrogen-bond donors (Lipinski definition) is 0. The van der Waals surface area contributed by atoms with Crippen LogP contribution in [0.3, 0.4) is 0 Å². The van der Waals surface area contributed by atoms with Crippen molar-refractivity contribution in [2.24, 2.45) is 5.41 Å². The fourth-order valence-electron chi connectivity index (χ4n) is 5.33. The molecular formula is C22H30O3. The molecule has 2 aliphatic rings. The molecule has 0 unspecified atom stereocenters. The van der Waals surface area contributed by atoms with Gasteiger partial charge in [-0.15, -0.1) is 0 Å². The molecule has 0 aliphatic heterocycles. The Bertz CT molecular complexity index is 755. The molecule has 3 rings (SSSR count). The van der Waals surface area contributed by atoms with Crippen LogP contribution < -0.4 is 9.47 Å². The van der Waals surface area contributed by atoms with Gasteiger partial charge >= 0.3 is 0 Å². The van der Waals surface area contributed by atoms with Crippen molar-refractivity contribution in [1.82, 2.24) is 0 Å². The standard InChI is InChI=1S/C22H30O3/c1-13(2)17-16(24-6)11-15-18(19(17)25-7)14(12-23)20-21(3,4)9-8-10-22(15,20)5/h11-13H,8-10H2,1-7H3/t22-/m1/s1. The maximum absolute atomic E-state index is 12.2. The van der Waals surface area contributed by atoms with E-state index in [0.29, 0.717) is 0 Å². The maximum Gasteiger partial charge on any atom is 0.150 e. The predicted molar refractivity (Wildman–Crippen MR) is 102 cm³/mol. The average molecular weight is 342 g/mol. The van der Waals surface area contributed by atoms with Crippen LogP contribution in [0.5, 0.6) is 11.5 Å². The van der Waals surface area contributed by atoms with Crippen LogP contribution in [0.15, 0.2) is 11.6 Å². The van der Waals surface area contributed by atoms with Crippen LogP contribution in [0, 0.1) is 5.41 Å². The van der Waals surface area contributed by atoms with Gasteiger partial charge in [-0.25, -0.2) is 0 Å². The first kappa shape index (κ1) is 18.0. The van der Waals surface area contributed by atoms with E-state index in [4.69, 9.17) is 9.47 Å². The topological polar surface area (TPSA) is 35.5 Å². The van der Waals surface area contributed by atoms with Crippen LogP contribution in [-0.4, -0.2) is 20.5 Å². The number of benzene rings is 1. The summed E-state index contributed by atoms with van der Waals surface area (Å²) in [4.78, 5) is 12.2. The Morgan fingerprint density at radius 3 is 2.32 bits per heavy atom. The normalized spacial score (nSPS) is 24.2.